The third-order valence-electron chi connectivity index (χ3n) is 4.81. The van der Waals surface area contributed by atoms with Crippen molar-refractivity contribution < 1.29 is 24.9 Å². The smallest absolute Gasteiger partial charge is 0.342 e. The zero-order valence-corrected chi connectivity index (χ0v) is 15.0. The monoisotopic (exact) mass is 350 g/mol. The molecule has 0 fully saturated rings. The molecule has 140 valence electrons. The second-order valence-corrected chi connectivity index (χ2v) is 7.02. The van der Waals surface area contributed by atoms with Crippen LogP contribution in [0.15, 0.2) is 12.1 Å². The molecule has 0 unspecified atom stereocenters. The van der Waals surface area contributed by atoms with E-state index >= 15 is 0 Å². The summed E-state index contributed by atoms with van der Waals surface area (Å²) in [5, 5.41) is 29.3. The lowest BCUT2D eigenvalue weighted by Crippen LogP contribution is -2.27. The van der Waals surface area contributed by atoms with Crippen LogP contribution >= 0.6 is 0 Å². The second-order valence-electron chi connectivity index (χ2n) is 7.02. The zero-order valence-electron chi connectivity index (χ0n) is 15.0. The quantitative estimate of drug-likeness (QED) is 0.437. The summed E-state index contributed by atoms with van der Waals surface area (Å²) in [7, 11) is 0. The Labute approximate surface area is 149 Å². The number of rotatable bonds is 10. The highest BCUT2D eigenvalue weighted by atomic mass is 16.5. The number of carbonyl (C=O) groups excluding carboxylic acids is 1. The van der Waals surface area contributed by atoms with E-state index in [1.165, 1.54) is 18.9 Å². The van der Waals surface area contributed by atoms with Crippen LogP contribution in [0.2, 0.25) is 0 Å². The normalized spacial score (nSPS) is 17.8. The molecule has 0 saturated heterocycles. The highest BCUT2D eigenvalue weighted by Crippen LogP contribution is 2.33. The second kappa shape index (κ2) is 9.66. The minimum Gasteiger partial charge on any atom is -0.508 e. The molecule has 0 aromatic heterocycles. The fraction of sp³-hybridized carbons (Fsp3) is 0.650. The van der Waals surface area contributed by atoms with E-state index in [-0.39, 0.29) is 29.3 Å². The number of cyclic esters (lactones) is 1. The van der Waals surface area contributed by atoms with Gasteiger partial charge in [0.05, 0.1) is 6.10 Å². The number of fused-ring (bicyclic) bond motifs is 1. The van der Waals surface area contributed by atoms with Crippen molar-refractivity contribution in [3.8, 4) is 11.5 Å². The molecule has 0 amide bonds. The number of unbranched alkanes of at least 4 members (excludes halogenated alkanes) is 4. The van der Waals surface area contributed by atoms with E-state index in [1.807, 2.05) is 0 Å². The van der Waals surface area contributed by atoms with Crippen molar-refractivity contribution in [2.75, 3.05) is 0 Å². The van der Waals surface area contributed by atoms with Gasteiger partial charge in [0.1, 0.15) is 23.2 Å². The van der Waals surface area contributed by atoms with Crippen LogP contribution < -0.4 is 0 Å². The van der Waals surface area contributed by atoms with Gasteiger partial charge in [-0.15, -0.1) is 0 Å². The Morgan fingerprint density at radius 1 is 1.12 bits per heavy atom. The molecule has 0 aliphatic carbocycles. The molecule has 5 nitrogen and oxygen atoms in total. The van der Waals surface area contributed by atoms with Gasteiger partial charge in [0.2, 0.25) is 0 Å². The van der Waals surface area contributed by atoms with Crippen molar-refractivity contribution in [2.24, 2.45) is 0 Å². The standard InChI is InChI=1S/C20H30O5/c1-2-3-5-8-15(21)9-6-4-7-10-17-12-14-11-16(22)13-18(23)19(14)20(24)25-17/h11,13,15,17,21-23H,2-10,12H2,1H3/t15-,17+/m0/s1. The highest BCUT2D eigenvalue weighted by Gasteiger charge is 2.29. The van der Waals surface area contributed by atoms with Crippen molar-refractivity contribution in [3.05, 3.63) is 23.3 Å². The van der Waals surface area contributed by atoms with Crippen LogP contribution in [0.25, 0.3) is 0 Å². The van der Waals surface area contributed by atoms with Gasteiger partial charge in [-0.25, -0.2) is 4.79 Å². The van der Waals surface area contributed by atoms with E-state index in [1.54, 1.807) is 0 Å². The van der Waals surface area contributed by atoms with Crippen LogP contribution in [0, 0.1) is 0 Å². The van der Waals surface area contributed by atoms with Gasteiger partial charge in [-0.1, -0.05) is 39.0 Å². The van der Waals surface area contributed by atoms with Crippen LogP contribution in [0.4, 0.5) is 0 Å². The molecule has 2 atom stereocenters. The Morgan fingerprint density at radius 3 is 2.56 bits per heavy atom. The summed E-state index contributed by atoms with van der Waals surface area (Å²) < 4.78 is 5.40. The maximum atomic E-state index is 12.0. The molecule has 5 heteroatoms. The van der Waals surface area contributed by atoms with Crippen molar-refractivity contribution in [2.45, 2.75) is 83.3 Å². The number of aliphatic hydroxyl groups is 1. The molecule has 25 heavy (non-hydrogen) atoms. The van der Waals surface area contributed by atoms with Gasteiger partial charge in [0.25, 0.3) is 0 Å². The molecule has 1 aromatic carbocycles. The summed E-state index contributed by atoms with van der Waals surface area (Å²) in [6, 6.07) is 2.68. The minimum atomic E-state index is -0.518. The van der Waals surface area contributed by atoms with Gasteiger partial charge in [-0.05, 0) is 37.3 Å². The SMILES string of the molecule is CCCCC[C@H](O)CCCCC[C@@H]1Cc2cc(O)cc(O)c2C(=O)O1. The number of aromatic hydroxyl groups is 2. The predicted octanol–water partition coefficient (Wildman–Crippen LogP) is 4.07. The van der Waals surface area contributed by atoms with Crippen molar-refractivity contribution in [1.82, 2.24) is 0 Å². The van der Waals surface area contributed by atoms with E-state index in [0.717, 1.165) is 51.0 Å². The Balaban J connectivity index is 1.70. The number of ether oxygens (including phenoxy) is 1. The first-order valence-electron chi connectivity index (χ1n) is 9.45. The average molecular weight is 350 g/mol. The minimum absolute atomic E-state index is 0.0400. The summed E-state index contributed by atoms with van der Waals surface area (Å²) in [5.41, 5.74) is 0.814. The maximum absolute atomic E-state index is 12.0. The molecule has 1 aliphatic rings. The fourth-order valence-corrected chi connectivity index (χ4v) is 3.43. The van der Waals surface area contributed by atoms with E-state index in [2.05, 4.69) is 6.92 Å². The Hall–Kier alpha value is -1.75. The van der Waals surface area contributed by atoms with E-state index < -0.39 is 5.97 Å². The number of hydrogen-bond donors (Lipinski definition) is 3. The molecule has 0 bridgehead atoms. The van der Waals surface area contributed by atoms with Gasteiger partial charge < -0.3 is 20.1 Å². The molecule has 3 N–H and O–H groups in total. The van der Waals surface area contributed by atoms with Gasteiger partial charge in [-0.3, -0.25) is 0 Å². The van der Waals surface area contributed by atoms with Crippen LogP contribution in [0.1, 0.15) is 80.6 Å². The first-order chi connectivity index (χ1) is 12.0. The van der Waals surface area contributed by atoms with Crippen LogP contribution in [-0.4, -0.2) is 33.5 Å². The largest absolute Gasteiger partial charge is 0.508 e. The summed E-state index contributed by atoms with van der Waals surface area (Å²) >= 11 is 0. The number of esters is 1. The fourth-order valence-electron chi connectivity index (χ4n) is 3.43. The van der Waals surface area contributed by atoms with Gasteiger partial charge in [-0.2, -0.15) is 0 Å². The van der Waals surface area contributed by atoms with Crippen molar-refractivity contribution >= 4 is 5.97 Å². The Bertz CT molecular complexity index is 569. The Morgan fingerprint density at radius 2 is 1.84 bits per heavy atom. The molecular weight excluding hydrogens is 320 g/mol. The maximum Gasteiger partial charge on any atom is 0.342 e. The third-order valence-corrected chi connectivity index (χ3v) is 4.81. The predicted molar refractivity (Wildman–Crippen MR) is 95.9 cm³/mol. The van der Waals surface area contributed by atoms with Crippen LogP contribution in [0.5, 0.6) is 11.5 Å². The van der Waals surface area contributed by atoms with Crippen LogP contribution in [-0.2, 0) is 11.2 Å². The lowest BCUT2D eigenvalue weighted by atomic mass is 9.94. The number of phenolic OH excluding ortho intramolecular Hbond substituents is 2. The molecule has 1 aromatic rings. The summed E-state index contributed by atoms with van der Waals surface area (Å²) in [6.45, 7) is 2.16. The summed E-state index contributed by atoms with van der Waals surface area (Å²) in [6.07, 6.45) is 8.93. The summed E-state index contributed by atoms with van der Waals surface area (Å²) in [5.74, 6) is -0.785. The van der Waals surface area contributed by atoms with E-state index in [9.17, 15) is 20.1 Å². The number of benzene rings is 1. The molecular formula is C20H30O5. The molecule has 0 radical (unpaired) electrons. The molecule has 0 spiro atoms. The van der Waals surface area contributed by atoms with E-state index in [4.69, 9.17) is 4.74 Å². The molecule has 1 aliphatic heterocycles. The lowest BCUT2D eigenvalue weighted by molar-refractivity contribution is 0.0227. The highest BCUT2D eigenvalue weighted by molar-refractivity contribution is 5.95. The summed E-state index contributed by atoms with van der Waals surface area (Å²) in [4.78, 5) is 12.0. The van der Waals surface area contributed by atoms with E-state index in [0.29, 0.717) is 12.0 Å². The Kier molecular flexibility index (Phi) is 7.56. The zero-order chi connectivity index (χ0) is 18.2. The van der Waals surface area contributed by atoms with Crippen molar-refractivity contribution in [1.29, 1.82) is 0 Å². The van der Waals surface area contributed by atoms with Gasteiger partial charge in [0.15, 0.2) is 0 Å². The molecule has 2 rings (SSSR count). The first kappa shape index (κ1) is 19.6. The average Bonchev–Trinajstić information content (AvgIpc) is 2.53. The number of phenols is 2. The molecule has 1 heterocycles. The topological polar surface area (TPSA) is 87.0 Å². The number of hydrogen-bond acceptors (Lipinski definition) is 5. The third kappa shape index (κ3) is 5.92. The van der Waals surface area contributed by atoms with Crippen LogP contribution in [0.3, 0.4) is 0 Å². The van der Waals surface area contributed by atoms with Gasteiger partial charge >= 0.3 is 5.97 Å². The number of carbonyl (C=O) groups is 1. The lowest BCUT2D eigenvalue weighted by Gasteiger charge is -2.25. The number of aliphatic hydroxyl groups excluding tert-OH is 1. The molecule has 0 saturated carbocycles. The van der Waals surface area contributed by atoms with Gasteiger partial charge in [0, 0.05) is 12.5 Å². The van der Waals surface area contributed by atoms with Crippen molar-refractivity contribution in [3.63, 3.8) is 0 Å². The first-order valence-corrected chi connectivity index (χ1v) is 9.45.